The van der Waals surface area contributed by atoms with Crippen LogP contribution >= 0.6 is 0 Å². The normalized spacial score (nSPS) is 12.5. The Kier molecular flexibility index (Phi) is 10.2. The zero-order valence-corrected chi connectivity index (χ0v) is 24.3. The van der Waals surface area contributed by atoms with Crippen LogP contribution in [0.2, 0.25) is 0 Å². The van der Waals surface area contributed by atoms with Crippen molar-refractivity contribution in [2.24, 2.45) is 12.0 Å². The number of benzene rings is 2. The summed E-state index contributed by atoms with van der Waals surface area (Å²) in [5, 5.41) is 5.64. The second kappa shape index (κ2) is 14.2. The lowest BCUT2D eigenvalue weighted by Gasteiger charge is -2.20. The molecule has 0 aliphatic carbocycles. The van der Waals surface area contributed by atoms with Crippen molar-refractivity contribution in [3.8, 4) is 11.5 Å². The smallest absolute Gasteiger partial charge is 0.272 e. The number of fused-ring (bicyclic) bond motifs is 1. The maximum atomic E-state index is 13.1. The maximum Gasteiger partial charge on any atom is 0.272 e. The molecule has 0 spiro atoms. The van der Waals surface area contributed by atoms with Crippen LogP contribution in [0.5, 0.6) is 11.5 Å². The van der Waals surface area contributed by atoms with Crippen molar-refractivity contribution in [2.75, 3.05) is 43.2 Å². The van der Waals surface area contributed by atoms with Crippen LogP contribution in [0.3, 0.4) is 0 Å². The van der Waals surface area contributed by atoms with Gasteiger partial charge in [-0.2, -0.15) is 0 Å². The van der Waals surface area contributed by atoms with Crippen molar-refractivity contribution in [1.29, 1.82) is 0 Å². The van der Waals surface area contributed by atoms with E-state index in [1.54, 1.807) is 71.4 Å². The molecule has 11 nitrogen and oxygen atoms in total. The minimum atomic E-state index is -0.305. The number of rotatable bonds is 13. The van der Waals surface area contributed by atoms with Crippen molar-refractivity contribution >= 4 is 46.7 Å². The Hall–Kier alpha value is -4.80. The fourth-order valence-electron chi connectivity index (χ4n) is 4.59. The first-order valence-corrected chi connectivity index (χ1v) is 14.1. The Morgan fingerprint density at radius 2 is 1.81 bits per heavy atom. The molecule has 222 valence electrons. The molecule has 42 heavy (non-hydrogen) atoms. The molecule has 0 atom stereocenters. The fraction of sp³-hybridized carbons (Fsp3) is 0.355. The summed E-state index contributed by atoms with van der Waals surface area (Å²) < 4.78 is 13.1. The largest absolute Gasteiger partial charge is 0.493 e. The second-order valence-electron chi connectivity index (χ2n) is 10.1. The van der Waals surface area contributed by atoms with E-state index in [9.17, 15) is 14.4 Å². The molecule has 11 heteroatoms. The average Bonchev–Trinajstić information content (AvgIpc) is 3.27. The Morgan fingerprint density at radius 3 is 2.55 bits per heavy atom. The maximum absolute atomic E-state index is 13.1. The van der Waals surface area contributed by atoms with Crippen LogP contribution in [-0.2, 0) is 11.8 Å². The Morgan fingerprint density at radius 1 is 1.02 bits per heavy atom. The Balaban J connectivity index is 1.29. The van der Waals surface area contributed by atoms with E-state index in [2.05, 4.69) is 22.5 Å². The molecule has 0 saturated heterocycles. The molecule has 2 aromatic carbocycles. The summed E-state index contributed by atoms with van der Waals surface area (Å²) in [6.45, 7) is 3.53. The highest BCUT2D eigenvalue weighted by Gasteiger charge is 2.23. The summed E-state index contributed by atoms with van der Waals surface area (Å²) >= 11 is 0. The number of nitrogens with two attached hydrogens (primary N) is 1. The molecular weight excluding hydrogens is 536 g/mol. The highest BCUT2D eigenvalue weighted by molar-refractivity contribution is 6.05. The van der Waals surface area contributed by atoms with E-state index in [-0.39, 0.29) is 30.7 Å². The first kappa shape index (κ1) is 30.2. The molecule has 0 bridgehead atoms. The summed E-state index contributed by atoms with van der Waals surface area (Å²) in [5.74, 6) is 0.307. The van der Waals surface area contributed by atoms with E-state index < -0.39 is 0 Å². The number of anilines is 3. The van der Waals surface area contributed by atoms with Crippen LogP contribution in [0, 0.1) is 0 Å². The highest BCUT2D eigenvalue weighted by Crippen LogP contribution is 2.36. The van der Waals surface area contributed by atoms with Gasteiger partial charge >= 0.3 is 0 Å². The molecule has 4 N–H and O–H groups in total. The second-order valence-corrected chi connectivity index (χ2v) is 10.1. The first-order valence-electron chi connectivity index (χ1n) is 14.1. The molecule has 0 radical (unpaired) electrons. The van der Waals surface area contributed by atoms with Gasteiger partial charge in [0.25, 0.3) is 11.8 Å². The number of nitrogen functional groups attached to an aromatic ring is 1. The fourth-order valence-corrected chi connectivity index (χ4v) is 4.59. The summed E-state index contributed by atoms with van der Waals surface area (Å²) in [6, 6.07) is 11.8. The zero-order valence-electron chi connectivity index (χ0n) is 24.3. The number of aliphatic imine (C=N–C) groups is 1. The molecule has 1 aliphatic rings. The molecule has 2 heterocycles. The molecule has 0 fully saturated rings. The van der Waals surface area contributed by atoms with Crippen molar-refractivity contribution < 1.29 is 23.9 Å². The third kappa shape index (κ3) is 7.68. The predicted octanol–water partition coefficient (Wildman–Crippen LogP) is 5.01. The predicted molar refractivity (Wildman–Crippen MR) is 164 cm³/mol. The number of ether oxygens (including phenoxy) is 2. The van der Waals surface area contributed by atoms with Crippen LogP contribution in [0.15, 0.2) is 53.7 Å². The van der Waals surface area contributed by atoms with E-state index in [1.807, 2.05) is 0 Å². The molecule has 0 unspecified atom stereocenters. The highest BCUT2D eigenvalue weighted by atomic mass is 16.5. The third-order valence-electron chi connectivity index (χ3n) is 6.86. The minimum Gasteiger partial charge on any atom is -0.493 e. The number of aryl methyl sites for hydroxylation is 1. The topological polar surface area (TPSA) is 140 Å². The van der Waals surface area contributed by atoms with Gasteiger partial charge in [-0.25, -0.2) is 0 Å². The van der Waals surface area contributed by atoms with Crippen LogP contribution in [0.1, 0.15) is 59.9 Å². The van der Waals surface area contributed by atoms with Crippen molar-refractivity contribution in [3.05, 3.63) is 59.9 Å². The lowest BCUT2D eigenvalue weighted by molar-refractivity contribution is -0.116. The standard InChI is InChI=1S/C31H38N6O5/c1-4-5-6-14-37-15-13-33-25-19-28(27(41-3)18-24(25)31(37)40)42-16-7-8-29(38)34-23-17-26(36(2)20-23)30(39)35-22-11-9-21(32)10-12-22/h9-13,17-20H,4-8,14-16,32H2,1-3H3,(H,34,38)(H,35,39). The number of hydrogen-bond donors (Lipinski definition) is 3. The van der Waals surface area contributed by atoms with Crippen LogP contribution in [-0.4, -0.2) is 60.2 Å². The molecular formula is C31H38N6O5. The molecule has 3 aromatic rings. The third-order valence-corrected chi connectivity index (χ3v) is 6.86. The van der Waals surface area contributed by atoms with E-state index in [1.165, 1.54) is 7.11 Å². The number of aromatic nitrogens is 1. The van der Waals surface area contributed by atoms with E-state index >= 15 is 0 Å². The molecule has 4 rings (SSSR count). The van der Waals surface area contributed by atoms with Crippen LogP contribution < -0.4 is 25.8 Å². The van der Waals surface area contributed by atoms with Crippen molar-refractivity contribution in [1.82, 2.24) is 9.47 Å². The van der Waals surface area contributed by atoms with Gasteiger partial charge in [0.2, 0.25) is 5.91 Å². The Labute approximate surface area is 245 Å². The number of amides is 3. The van der Waals surface area contributed by atoms with E-state index in [0.717, 1.165) is 19.3 Å². The van der Waals surface area contributed by atoms with Gasteiger partial charge in [-0.15, -0.1) is 0 Å². The number of methoxy groups -OCH3 is 1. The van der Waals surface area contributed by atoms with Gasteiger partial charge in [0.1, 0.15) is 5.69 Å². The van der Waals surface area contributed by atoms with Crippen molar-refractivity contribution in [2.45, 2.75) is 39.0 Å². The minimum absolute atomic E-state index is 0.0769. The van der Waals surface area contributed by atoms with Gasteiger partial charge in [0, 0.05) is 49.9 Å². The van der Waals surface area contributed by atoms with Gasteiger partial charge in [0.05, 0.1) is 37.2 Å². The number of unbranched alkanes of at least 4 members (excludes halogenated alkanes) is 2. The van der Waals surface area contributed by atoms with Gasteiger partial charge in [-0.05, 0) is 49.2 Å². The van der Waals surface area contributed by atoms with Gasteiger partial charge < -0.3 is 35.3 Å². The summed E-state index contributed by atoms with van der Waals surface area (Å²) in [6.07, 6.45) is 7.17. The quantitative estimate of drug-likeness (QED) is 0.194. The first-order chi connectivity index (χ1) is 20.3. The number of carbonyl (C=O) groups excluding carboxylic acids is 3. The van der Waals surface area contributed by atoms with Gasteiger partial charge in [-0.3, -0.25) is 19.4 Å². The van der Waals surface area contributed by atoms with Gasteiger partial charge in [0.15, 0.2) is 11.5 Å². The Bertz CT molecular complexity index is 1450. The summed E-state index contributed by atoms with van der Waals surface area (Å²) in [4.78, 5) is 44.7. The van der Waals surface area contributed by atoms with E-state index in [4.69, 9.17) is 15.2 Å². The monoisotopic (exact) mass is 574 g/mol. The van der Waals surface area contributed by atoms with E-state index in [0.29, 0.717) is 65.0 Å². The molecule has 3 amide bonds. The summed E-state index contributed by atoms with van der Waals surface area (Å²) in [5.41, 5.74) is 8.85. The molecule has 1 aromatic heterocycles. The zero-order chi connectivity index (χ0) is 30.1. The number of nitrogens with one attached hydrogen (secondary N) is 2. The van der Waals surface area contributed by atoms with Crippen LogP contribution in [0.25, 0.3) is 0 Å². The number of hydrogen-bond acceptors (Lipinski definition) is 7. The summed E-state index contributed by atoms with van der Waals surface area (Å²) in [7, 11) is 3.26. The number of nitrogens with zero attached hydrogens (tertiary/aromatic N) is 3. The average molecular weight is 575 g/mol. The van der Waals surface area contributed by atoms with Crippen molar-refractivity contribution in [3.63, 3.8) is 0 Å². The lowest BCUT2D eigenvalue weighted by atomic mass is 10.1. The number of carbonyl (C=O) groups is 3. The van der Waals surface area contributed by atoms with Gasteiger partial charge in [-0.1, -0.05) is 19.8 Å². The SMILES string of the molecule is CCCCCN1CC=Nc2cc(OCCCC(=O)Nc3cc(C(=O)Nc4ccc(N)cc4)n(C)c3)c(OC)cc2C1=O. The van der Waals surface area contributed by atoms with Crippen LogP contribution in [0.4, 0.5) is 22.7 Å². The molecule has 1 aliphatic heterocycles. The molecule has 0 saturated carbocycles. The lowest BCUT2D eigenvalue weighted by Crippen LogP contribution is -2.32.